The number of ether oxygens (including phenoxy) is 1. The lowest BCUT2D eigenvalue weighted by molar-refractivity contribution is 0.0716. The number of piperidine rings is 1. The predicted octanol–water partition coefficient (Wildman–Crippen LogP) is 4.74. The number of benzene rings is 2. The van der Waals surface area contributed by atoms with Gasteiger partial charge in [0.05, 0.1) is 5.69 Å². The van der Waals surface area contributed by atoms with Crippen LogP contribution in [0.15, 0.2) is 60.9 Å². The Labute approximate surface area is 186 Å². The number of ketones is 1. The lowest BCUT2D eigenvalue weighted by Crippen LogP contribution is -2.38. The minimum absolute atomic E-state index is 0.00633. The number of rotatable bonds is 6. The average Bonchev–Trinajstić information content (AvgIpc) is 2.81. The molecular weight excluding hydrogens is 406 g/mol. The van der Waals surface area contributed by atoms with Crippen LogP contribution >= 0.6 is 0 Å². The molecule has 1 amide bonds. The van der Waals surface area contributed by atoms with Gasteiger partial charge in [0.25, 0.3) is 0 Å². The third kappa shape index (κ3) is 5.67. The van der Waals surface area contributed by atoms with Gasteiger partial charge in [-0.3, -0.25) is 15.4 Å². The number of anilines is 3. The molecule has 1 aliphatic heterocycles. The fourth-order valence-corrected chi connectivity index (χ4v) is 3.46. The molecule has 0 spiro atoms. The molecule has 32 heavy (non-hydrogen) atoms. The van der Waals surface area contributed by atoms with Crippen molar-refractivity contribution in [3.63, 3.8) is 0 Å². The summed E-state index contributed by atoms with van der Waals surface area (Å²) >= 11 is 0. The van der Waals surface area contributed by atoms with Crippen molar-refractivity contribution in [2.45, 2.75) is 32.4 Å². The highest BCUT2D eigenvalue weighted by atomic mass is 16.6. The molecule has 2 aromatic carbocycles. The molecule has 3 aromatic rings. The van der Waals surface area contributed by atoms with E-state index in [4.69, 9.17) is 4.74 Å². The summed E-state index contributed by atoms with van der Waals surface area (Å²) in [6.45, 7) is 2.41. The Bertz CT molecular complexity index is 1090. The molecule has 0 aliphatic carbocycles. The smallest absolute Gasteiger partial charge is 0.413 e. The Morgan fingerprint density at radius 1 is 1.03 bits per heavy atom. The maximum Gasteiger partial charge on any atom is 0.413 e. The molecule has 4 rings (SSSR count). The number of Topliss-reactive ketones (excluding diaryl/α,β-unsaturated/α-hetero) is 1. The first kappa shape index (κ1) is 21.5. The second kappa shape index (κ2) is 10.0. The van der Waals surface area contributed by atoms with Crippen LogP contribution in [0.25, 0.3) is 11.3 Å². The van der Waals surface area contributed by atoms with E-state index < -0.39 is 6.09 Å². The van der Waals surface area contributed by atoms with Crippen LogP contribution < -0.4 is 16.0 Å². The summed E-state index contributed by atoms with van der Waals surface area (Å²) in [5.41, 5.74) is 3.63. The number of nitrogens with zero attached hydrogens (tertiary/aromatic N) is 2. The average molecular weight is 431 g/mol. The molecule has 0 radical (unpaired) electrons. The maximum absolute atomic E-state index is 12.1. The highest BCUT2D eigenvalue weighted by Gasteiger charge is 2.16. The molecular formula is C24H25N5O3. The van der Waals surface area contributed by atoms with Crippen LogP contribution in [0.1, 0.15) is 36.5 Å². The van der Waals surface area contributed by atoms with E-state index in [9.17, 15) is 9.59 Å². The molecule has 8 heteroatoms. The Balaban J connectivity index is 1.38. The summed E-state index contributed by atoms with van der Waals surface area (Å²) in [4.78, 5) is 32.3. The molecule has 8 nitrogen and oxygen atoms in total. The number of carbonyl (C=O) groups is 2. The minimum atomic E-state index is -0.474. The molecule has 1 aliphatic rings. The van der Waals surface area contributed by atoms with Gasteiger partial charge in [-0.15, -0.1) is 0 Å². The second-order valence-corrected chi connectivity index (χ2v) is 7.60. The van der Waals surface area contributed by atoms with Gasteiger partial charge in [-0.2, -0.15) is 0 Å². The maximum atomic E-state index is 12.1. The SMILES string of the molecule is CC(=O)c1cccc(-c2cc(Nc3ccc(NC(=O)O[C@H]4CCCCN4)cc3)ncn2)c1. The summed E-state index contributed by atoms with van der Waals surface area (Å²) in [5, 5.41) is 9.14. The van der Waals surface area contributed by atoms with Crippen molar-refractivity contribution >= 4 is 29.1 Å². The Hall–Kier alpha value is -3.78. The number of hydrogen-bond donors (Lipinski definition) is 3. The summed E-state index contributed by atoms with van der Waals surface area (Å²) < 4.78 is 5.38. The van der Waals surface area contributed by atoms with E-state index >= 15 is 0 Å². The Morgan fingerprint density at radius 3 is 2.59 bits per heavy atom. The Morgan fingerprint density at radius 2 is 1.84 bits per heavy atom. The Kier molecular flexibility index (Phi) is 6.72. The van der Waals surface area contributed by atoms with Gasteiger partial charge >= 0.3 is 6.09 Å². The van der Waals surface area contributed by atoms with Gasteiger partial charge in [-0.05, 0) is 63.1 Å². The third-order valence-electron chi connectivity index (χ3n) is 5.15. The highest BCUT2D eigenvalue weighted by molar-refractivity contribution is 5.95. The second-order valence-electron chi connectivity index (χ2n) is 7.60. The van der Waals surface area contributed by atoms with E-state index in [1.807, 2.05) is 36.4 Å². The van der Waals surface area contributed by atoms with Crippen LogP contribution in [-0.2, 0) is 4.74 Å². The molecule has 1 aromatic heterocycles. The molecule has 2 heterocycles. The molecule has 1 saturated heterocycles. The normalized spacial score (nSPS) is 15.6. The van der Waals surface area contributed by atoms with Crippen LogP contribution in [0.3, 0.4) is 0 Å². The topological polar surface area (TPSA) is 105 Å². The van der Waals surface area contributed by atoms with Gasteiger partial charge in [0, 0.05) is 28.6 Å². The highest BCUT2D eigenvalue weighted by Crippen LogP contribution is 2.23. The van der Waals surface area contributed by atoms with Gasteiger partial charge in [-0.1, -0.05) is 18.2 Å². The monoisotopic (exact) mass is 431 g/mol. The quantitative estimate of drug-likeness (QED) is 0.484. The van der Waals surface area contributed by atoms with E-state index in [0.29, 0.717) is 22.8 Å². The third-order valence-corrected chi connectivity index (χ3v) is 5.15. The van der Waals surface area contributed by atoms with Gasteiger partial charge in [-0.25, -0.2) is 14.8 Å². The van der Waals surface area contributed by atoms with Crippen LogP contribution in [0.4, 0.5) is 22.0 Å². The molecule has 164 valence electrons. The number of amides is 1. The standard InChI is InChI=1S/C24H25N5O3/c1-16(30)17-5-4-6-18(13-17)21-14-22(27-15-26-21)28-19-8-10-20(11-9-19)29-24(31)32-23-7-2-3-12-25-23/h4-6,8-11,13-15,23,25H,2-3,7,12H2,1H3,(H,29,31)(H,26,27,28)/t23-/m0/s1. The molecule has 1 fully saturated rings. The molecule has 0 bridgehead atoms. The fourth-order valence-electron chi connectivity index (χ4n) is 3.46. The molecule has 0 saturated carbocycles. The largest absolute Gasteiger partial charge is 0.430 e. The lowest BCUT2D eigenvalue weighted by Gasteiger charge is -2.23. The van der Waals surface area contributed by atoms with E-state index in [2.05, 4.69) is 25.9 Å². The van der Waals surface area contributed by atoms with Crippen LogP contribution in [0, 0.1) is 0 Å². The van der Waals surface area contributed by atoms with Crippen LogP contribution in [0.5, 0.6) is 0 Å². The summed E-state index contributed by atoms with van der Waals surface area (Å²) in [5.74, 6) is 0.624. The molecule has 1 atom stereocenters. The zero-order valence-corrected chi connectivity index (χ0v) is 17.8. The molecule has 0 unspecified atom stereocenters. The van der Waals surface area contributed by atoms with Crippen molar-refractivity contribution < 1.29 is 14.3 Å². The van der Waals surface area contributed by atoms with E-state index in [1.165, 1.54) is 13.3 Å². The van der Waals surface area contributed by atoms with Gasteiger partial charge < -0.3 is 10.1 Å². The summed E-state index contributed by atoms with van der Waals surface area (Å²) in [6, 6.07) is 16.4. The van der Waals surface area contributed by atoms with Gasteiger partial charge in [0.1, 0.15) is 12.1 Å². The summed E-state index contributed by atoms with van der Waals surface area (Å²) in [7, 11) is 0. The zero-order valence-electron chi connectivity index (χ0n) is 17.8. The lowest BCUT2D eigenvalue weighted by atomic mass is 10.1. The van der Waals surface area contributed by atoms with E-state index in [0.717, 1.165) is 37.1 Å². The van der Waals surface area contributed by atoms with Crippen molar-refractivity contribution in [3.05, 3.63) is 66.5 Å². The fraction of sp³-hybridized carbons (Fsp3) is 0.250. The van der Waals surface area contributed by atoms with Crippen molar-refractivity contribution in [1.29, 1.82) is 0 Å². The van der Waals surface area contributed by atoms with E-state index in [1.54, 1.807) is 18.2 Å². The summed E-state index contributed by atoms with van der Waals surface area (Å²) in [6.07, 6.45) is 3.76. The van der Waals surface area contributed by atoms with Crippen molar-refractivity contribution in [2.75, 3.05) is 17.2 Å². The van der Waals surface area contributed by atoms with Crippen molar-refractivity contribution in [3.8, 4) is 11.3 Å². The number of hydrogen-bond acceptors (Lipinski definition) is 7. The first-order valence-electron chi connectivity index (χ1n) is 10.6. The van der Waals surface area contributed by atoms with Crippen LogP contribution in [0.2, 0.25) is 0 Å². The zero-order chi connectivity index (χ0) is 22.3. The first-order chi connectivity index (χ1) is 15.6. The van der Waals surface area contributed by atoms with Crippen LogP contribution in [-0.4, -0.2) is 34.6 Å². The van der Waals surface area contributed by atoms with E-state index in [-0.39, 0.29) is 12.0 Å². The van der Waals surface area contributed by atoms with Crippen molar-refractivity contribution in [1.82, 2.24) is 15.3 Å². The number of aromatic nitrogens is 2. The predicted molar refractivity (Wildman–Crippen MR) is 123 cm³/mol. The first-order valence-corrected chi connectivity index (χ1v) is 10.6. The number of nitrogens with one attached hydrogen (secondary N) is 3. The van der Waals surface area contributed by atoms with Crippen molar-refractivity contribution in [2.24, 2.45) is 0 Å². The molecule has 3 N–H and O–H groups in total. The number of carbonyl (C=O) groups excluding carboxylic acids is 2. The van der Waals surface area contributed by atoms with Gasteiger partial charge in [0.2, 0.25) is 0 Å². The van der Waals surface area contributed by atoms with Gasteiger partial charge in [0.15, 0.2) is 12.0 Å². The minimum Gasteiger partial charge on any atom is -0.430 e.